The van der Waals surface area contributed by atoms with Gasteiger partial charge in [0.2, 0.25) is 5.91 Å². The minimum Gasteiger partial charge on any atom is -0.325 e. The maximum atomic E-state index is 12.7. The quantitative estimate of drug-likeness (QED) is 0.588. The molecule has 1 unspecified atom stereocenters. The predicted octanol–water partition coefficient (Wildman–Crippen LogP) is 5.58. The normalized spacial score (nSPS) is 12.0. The van der Waals surface area contributed by atoms with Crippen molar-refractivity contribution in [1.29, 1.82) is 0 Å². The van der Waals surface area contributed by atoms with E-state index in [9.17, 15) is 4.79 Å². The van der Waals surface area contributed by atoms with Crippen molar-refractivity contribution in [2.24, 2.45) is 5.92 Å². The molecule has 1 aromatic heterocycles. The maximum Gasteiger partial charge on any atom is 0.229 e. The highest BCUT2D eigenvalue weighted by molar-refractivity contribution is 7.99. The zero-order valence-corrected chi connectivity index (χ0v) is 17.1. The van der Waals surface area contributed by atoms with Gasteiger partial charge in [-0.1, -0.05) is 60.6 Å². The molecule has 0 bridgehead atoms. The van der Waals surface area contributed by atoms with Gasteiger partial charge in [-0.2, -0.15) is 5.10 Å². The van der Waals surface area contributed by atoms with Crippen molar-refractivity contribution < 1.29 is 4.79 Å². The monoisotopic (exact) mass is 399 g/mol. The molecule has 6 heteroatoms. The first-order valence-electron chi connectivity index (χ1n) is 8.78. The van der Waals surface area contributed by atoms with Crippen LogP contribution in [-0.2, 0) is 11.3 Å². The summed E-state index contributed by atoms with van der Waals surface area (Å²) in [4.78, 5) is 14.9. The number of hydrogen-bond acceptors (Lipinski definition) is 3. The molecule has 0 aliphatic carbocycles. The first-order valence-corrected chi connectivity index (χ1v) is 9.97. The average molecular weight is 400 g/mol. The molecule has 1 atom stereocenters. The van der Waals surface area contributed by atoms with Gasteiger partial charge < -0.3 is 5.32 Å². The highest BCUT2D eigenvalue weighted by Crippen LogP contribution is 2.33. The lowest BCUT2D eigenvalue weighted by atomic mass is 10.1. The van der Waals surface area contributed by atoms with E-state index < -0.39 is 0 Å². The molecule has 0 saturated heterocycles. The first kappa shape index (κ1) is 19.5. The topological polar surface area (TPSA) is 46.9 Å². The lowest BCUT2D eigenvalue weighted by molar-refractivity contribution is -0.119. The van der Waals surface area contributed by atoms with Gasteiger partial charge in [0.1, 0.15) is 0 Å². The Morgan fingerprint density at radius 2 is 1.81 bits per heavy atom. The first-order chi connectivity index (χ1) is 13.0. The number of amides is 1. The van der Waals surface area contributed by atoms with Gasteiger partial charge in [-0.05, 0) is 38.1 Å². The third-order valence-corrected chi connectivity index (χ3v) is 5.93. The standard InChI is InChI=1S/C21H22ClN3OS/c1-14(13-25-16(3)20(22)15(2)24-25)21(26)23-18-11-7-8-12-19(18)27-17-9-5-4-6-10-17/h4-12,14H,13H2,1-3H3,(H,23,26). The Balaban J connectivity index is 1.71. The fraction of sp³-hybridized carbons (Fsp3) is 0.238. The zero-order chi connectivity index (χ0) is 19.4. The van der Waals surface area contributed by atoms with Gasteiger partial charge in [-0.25, -0.2) is 0 Å². The van der Waals surface area contributed by atoms with Crippen LogP contribution in [0.15, 0.2) is 64.4 Å². The SMILES string of the molecule is Cc1nn(CC(C)C(=O)Nc2ccccc2Sc2ccccc2)c(C)c1Cl. The molecule has 3 aromatic rings. The van der Waals surface area contributed by atoms with E-state index in [-0.39, 0.29) is 11.8 Å². The van der Waals surface area contributed by atoms with E-state index >= 15 is 0 Å². The minimum atomic E-state index is -0.242. The zero-order valence-electron chi connectivity index (χ0n) is 15.6. The molecule has 0 aliphatic rings. The molecule has 1 N–H and O–H groups in total. The Morgan fingerprint density at radius 3 is 2.48 bits per heavy atom. The molecule has 3 rings (SSSR count). The number of aromatic nitrogens is 2. The average Bonchev–Trinajstić information content (AvgIpc) is 2.91. The van der Waals surface area contributed by atoms with Crippen molar-refractivity contribution in [1.82, 2.24) is 9.78 Å². The summed E-state index contributed by atoms with van der Waals surface area (Å²) in [6.45, 7) is 6.16. The Bertz CT molecular complexity index is 940. The number of nitrogens with zero attached hydrogens (tertiary/aromatic N) is 2. The van der Waals surface area contributed by atoms with Crippen LogP contribution in [0.3, 0.4) is 0 Å². The number of anilines is 1. The van der Waals surface area contributed by atoms with Crippen LogP contribution in [0.2, 0.25) is 5.02 Å². The Hall–Kier alpha value is -2.24. The summed E-state index contributed by atoms with van der Waals surface area (Å²) in [5.74, 6) is -0.284. The van der Waals surface area contributed by atoms with E-state index in [0.717, 1.165) is 26.9 Å². The summed E-state index contributed by atoms with van der Waals surface area (Å²) in [7, 11) is 0. The Kier molecular flexibility index (Phi) is 6.24. The number of rotatable bonds is 6. The van der Waals surface area contributed by atoms with Gasteiger partial charge in [-0.15, -0.1) is 0 Å². The lowest BCUT2D eigenvalue weighted by Crippen LogP contribution is -2.25. The third-order valence-electron chi connectivity index (χ3n) is 4.30. The van der Waals surface area contributed by atoms with Crippen LogP contribution in [0.1, 0.15) is 18.3 Å². The molecule has 0 spiro atoms. The number of benzene rings is 2. The molecule has 1 heterocycles. The smallest absolute Gasteiger partial charge is 0.229 e. The number of para-hydroxylation sites is 1. The number of hydrogen-bond donors (Lipinski definition) is 1. The van der Waals surface area contributed by atoms with Gasteiger partial charge in [0.05, 0.1) is 34.6 Å². The predicted molar refractivity (Wildman–Crippen MR) is 112 cm³/mol. The molecule has 0 fully saturated rings. The third kappa shape index (κ3) is 4.73. The molecule has 27 heavy (non-hydrogen) atoms. The van der Waals surface area contributed by atoms with E-state index in [1.54, 1.807) is 16.4 Å². The summed E-state index contributed by atoms with van der Waals surface area (Å²) < 4.78 is 1.80. The number of halogens is 1. The molecule has 4 nitrogen and oxygen atoms in total. The van der Waals surface area contributed by atoms with Crippen LogP contribution < -0.4 is 5.32 Å². The summed E-state index contributed by atoms with van der Waals surface area (Å²) in [6.07, 6.45) is 0. The van der Waals surface area contributed by atoms with Gasteiger partial charge in [0, 0.05) is 9.79 Å². The van der Waals surface area contributed by atoms with Gasteiger partial charge in [-0.3, -0.25) is 9.48 Å². The summed E-state index contributed by atoms with van der Waals surface area (Å²) in [6, 6.07) is 17.9. The molecule has 0 radical (unpaired) electrons. The van der Waals surface area contributed by atoms with Crippen LogP contribution in [0.5, 0.6) is 0 Å². The van der Waals surface area contributed by atoms with E-state index in [0.29, 0.717) is 11.6 Å². The van der Waals surface area contributed by atoms with Crippen LogP contribution in [0.4, 0.5) is 5.69 Å². The molecule has 2 aromatic carbocycles. The van der Waals surface area contributed by atoms with Crippen molar-refractivity contribution in [3.8, 4) is 0 Å². The molecular formula is C21H22ClN3OS. The molecule has 140 valence electrons. The van der Waals surface area contributed by atoms with Gasteiger partial charge >= 0.3 is 0 Å². The fourth-order valence-electron chi connectivity index (χ4n) is 2.73. The molecular weight excluding hydrogens is 378 g/mol. The number of carbonyl (C=O) groups is 1. The molecule has 0 saturated carbocycles. The van der Waals surface area contributed by atoms with Crippen molar-refractivity contribution in [2.75, 3.05) is 5.32 Å². The minimum absolute atomic E-state index is 0.0419. The number of carbonyl (C=O) groups excluding carboxylic acids is 1. The van der Waals surface area contributed by atoms with Crippen LogP contribution in [0.25, 0.3) is 0 Å². The van der Waals surface area contributed by atoms with E-state index in [2.05, 4.69) is 22.5 Å². The maximum absolute atomic E-state index is 12.7. The Morgan fingerprint density at radius 1 is 1.15 bits per heavy atom. The number of nitrogens with one attached hydrogen (secondary N) is 1. The fourth-order valence-corrected chi connectivity index (χ4v) is 3.78. The second kappa shape index (κ2) is 8.63. The van der Waals surface area contributed by atoms with Crippen LogP contribution in [-0.4, -0.2) is 15.7 Å². The van der Waals surface area contributed by atoms with Crippen molar-refractivity contribution in [3.63, 3.8) is 0 Å². The second-order valence-corrected chi connectivity index (χ2v) is 7.96. The lowest BCUT2D eigenvalue weighted by Gasteiger charge is -2.15. The largest absolute Gasteiger partial charge is 0.325 e. The summed E-state index contributed by atoms with van der Waals surface area (Å²) >= 11 is 7.83. The van der Waals surface area contributed by atoms with E-state index in [4.69, 9.17) is 11.6 Å². The van der Waals surface area contributed by atoms with E-state index in [1.807, 2.05) is 63.2 Å². The van der Waals surface area contributed by atoms with E-state index in [1.165, 1.54) is 0 Å². The van der Waals surface area contributed by atoms with Gasteiger partial charge in [0.25, 0.3) is 0 Å². The van der Waals surface area contributed by atoms with Crippen LogP contribution >= 0.6 is 23.4 Å². The number of aryl methyl sites for hydroxylation is 1. The highest BCUT2D eigenvalue weighted by Gasteiger charge is 2.18. The highest BCUT2D eigenvalue weighted by atomic mass is 35.5. The van der Waals surface area contributed by atoms with Crippen molar-refractivity contribution in [3.05, 3.63) is 71.0 Å². The Labute approximate surface area is 168 Å². The summed E-state index contributed by atoms with van der Waals surface area (Å²) in [5.41, 5.74) is 2.48. The molecule has 0 aliphatic heterocycles. The van der Waals surface area contributed by atoms with Gasteiger partial charge in [0.15, 0.2) is 0 Å². The van der Waals surface area contributed by atoms with Crippen molar-refractivity contribution in [2.45, 2.75) is 37.1 Å². The van der Waals surface area contributed by atoms with Crippen LogP contribution in [0, 0.1) is 19.8 Å². The van der Waals surface area contributed by atoms with Crippen molar-refractivity contribution >= 4 is 35.0 Å². The molecule has 1 amide bonds. The second-order valence-electron chi connectivity index (χ2n) is 6.47. The summed E-state index contributed by atoms with van der Waals surface area (Å²) in [5, 5.41) is 8.13.